The average molecular weight is 301 g/mol. The number of benzene rings is 1. The number of methoxy groups -OCH3 is 1. The van der Waals surface area contributed by atoms with Gasteiger partial charge >= 0.3 is 5.97 Å². The Labute approximate surface area is 126 Å². The molecule has 6 heteroatoms. The van der Waals surface area contributed by atoms with Crippen molar-refractivity contribution in [2.75, 3.05) is 7.11 Å². The fraction of sp³-hybridized carbons (Fsp3) is 0.312. The summed E-state index contributed by atoms with van der Waals surface area (Å²) in [6.45, 7) is 1.30. The SMILES string of the molecule is COC(=O)c1ccc2c(c1)c(C(=O)C1CC1)c(O)n2C(C)=O. The predicted molar refractivity (Wildman–Crippen MR) is 78.3 cm³/mol. The van der Waals surface area contributed by atoms with E-state index in [1.807, 2.05) is 0 Å². The van der Waals surface area contributed by atoms with Gasteiger partial charge in [-0.1, -0.05) is 0 Å². The van der Waals surface area contributed by atoms with Crippen LogP contribution in [0.2, 0.25) is 0 Å². The maximum atomic E-state index is 12.4. The molecule has 0 bridgehead atoms. The van der Waals surface area contributed by atoms with E-state index in [0.717, 1.165) is 17.4 Å². The van der Waals surface area contributed by atoms with Gasteiger partial charge in [0.05, 0.1) is 23.8 Å². The largest absolute Gasteiger partial charge is 0.494 e. The molecular formula is C16H15NO5. The first-order valence-corrected chi connectivity index (χ1v) is 6.96. The van der Waals surface area contributed by atoms with E-state index in [1.165, 1.54) is 32.2 Å². The Hall–Kier alpha value is -2.63. The van der Waals surface area contributed by atoms with Crippen molar-refractivity contribution >= 4 is 28.6 Å². The Morgan fingerprint density at radius 2 is 1.95 bits per heavy atom. The summed E-state index contributed by atoms with van der Waals surface area (Å²) in [4.78, 5) is 35.9. The Kier molecular flexibility index (Phi) is 3.24. The summed E-state index contributed by atoms with van der Waals surface area (Å²) in [5, 5.41) is 10.7. The lowest BCUT2D eigenvalue weighted by atomic mass is 10.0. The van der Waals surface area contributed by atoms with E-state index in [4.69, 9.17) is 0 Å². The number of carbonyl (C=O) groups excluding carboxylic acids is 3. The maximum Gasteiger partial charge on any atom is 0.337 e. The molecular weight excluding hydrogens is 286 g/mol. The van der Waals surface area contributed by atoms with Crippen LogP contribution in [0, 0.1) is 5.92 Å². The lowest BCUT2D eigenvalue weighted by Crippen LogP contribution is -2.06. The number of aromatic nitrogens is 1. The van der Waals surface area contributed by atoms with Crippen molar-refractivity contribution in [1.82, 2.24) is 4.57 Å². The number of carbonyl (C=O) groups is 3. The second-order valence-electron chi connectivity index (χ2n) is 5.42. The number of hydrogen-bond acceptors (Lipinski definition) is 5. The zero-order valence-electron chi connectivity index (χ0n) is 12.3. The van der Waals surface area contributed by atoms with Gasteiger partial charge in [0.15, 0.2) is 5.78 Å². The number of fused-ring (bicyclic) bond motifs is 1. The summed E-state index contributed by atoms with van der Waals surface area (Å²) >= 11 is 0. The molecule has 1 aliphatic rings. The molecule has 22 heavy (non-hydrogen) atoms. The average Bonchev–Trinajstić information content (AvgIpc) is 3.28. The molecule has 0 spiro atoms. The first kappa shape index (κ1) is 14.3. The van der Waals surface area contributed by atoms with E-state index in [-0.39, 0.29) is 28.7 Å². The molecule has 0 aliphatic heterocycles. The van der Waals surface area contributed by atoms with Crippen LogP contribution in [0.15, 0.2) is 18.2 Å². The number of rotatable bonds is 3. The molecule has 0 saturated heterocycles. The molecule has 1 saturated carbocycles. The molecule has 6 nitrogen and oxygen atoms in total. The molecule has 1 aromatic carbocycles. The molecule has 0 atom stereocenters. The van der Waals surface area contributed by atoms with Crippen molar-refractivity contribution in [2.45, 2.75) is 19.8 Å². The van der Waals surface area contributed by atoms with Gasteiger partial charge in [-0.05, 0) is 31.0 Å². The van der Waals surface area contributed by atoms with Gasteiger partial charge in [-0.2, -0.15) is 0 Å². The second kappa shape index (κ2) is 4.98. The standard InChI is InChI=1S/C16H15NO5/c1-8(18)17-12-6-5-10(16(21)22-2)7-11(12)13(15(17)20)14(19)9-3-4-9/h5-7,9,20H,3-4H2,1-2H3. The third-order valence-electron chi connectivity index (χ3n) is 3.87. The van der Waals surface area contributed by atoms with Crippen LogP contribution in [0.4, 0.5) is 0 Å². The van der Waals surface area contributed by atoms with E-state index in [2.05, 4.69) is 4.74 Å². The lowest BCUT2D eigenvalue weighted by molar-refractivity contribution is 0.0600. The quantitative estimate of drug-likeness (QED) is 0.695. The zero-order valence-corrected chi connectivity index (χ0v) is 12.3. The molecule has 1 fully saturated rings. The van der Waals surface area contributed by atoms with Crippen molar-refractivity contribution in [1.29, 1.82) is 0 Å². The van der Waals surface area contributed by atoms with E-state index < -0.39 is 11.9 Å². The van der Waals surface area contributed by atoms with Crippen LogP contribution in [0.5, 0.6) is 5.88 Å². The number of aromatic hydroxyl groups is 1. The van der Waals surface area contributed by atoms with Crippen LogP contribution in [0.25, 0.3) is 10.9 Å². The van der Waals surface area contributed by atoms with E-state index in [9.17, 15) is 19.5 Å². The predicted octanol–water partition coefficient (Wildman–Crippen LogP) is 2.39. The fourth-order valence-electron chi connectivity index (χ4n) is 2.63. The number of Topliss-reactive ketones (excluding diaryl/α,β-unsaturated/α-hetero) is 1. The molecule has 2 aromatic rings. The minimum atomic E-state index is -0.540. The van der Waals surface area contributed by atoms with Crippen molar-refractivity contribution in [3.8, 4) is 5.88 Å². The number of nitrogens with zero attached hydrogens (tertiary/aromatic N) is 1. The smallest absolute Gasteiger partial charge is 0.337 e. The highest BCUT2D eigenvalue weighted by Crippen LogP contribution is 2.40. The first-order valence-electron chi connectivity index (χ1n) is 6.96. The Balaban J connectivity index is 2.30. The van der Waals surface area contributed by atoms with Crippen LogP contribution in [0.3, 0.4) is 0 Å². The Bertz CT molecular complexity index is 814. The number of esters is 1. The number of ketones is 1. The minimum absolute atomic E-state index is 0.110. The topological polar surface area (TPSA) is 85.6 Å². The molecule has 1 aliphatic carbocycles. The molecule has 1 N–H and O–H groups in total. The maximum absolute atomic E-state index is 12.4. The van der Waals surface area contributed by atoms with Gasteiger partial charge in [0.1, 0.15) is 0 Å². The molecule has 1 heterocycles. The van der Waals surface area contributed by atoms with Gasteiger partial charge in [0.2, 0.25) is 11.8 Å². The molecule has 0 amide bonds. The first-order chi connectivity index (χ1) is 10.5. The van der Waals surface area contributed by atoms with Gasteiger partial charge < -0.3 is 9.84 Å². The minimum Gasteiger partial charge on any atom is -0.494 e. The van der Waals surface area contributed by atoms with Gasteiger partial charge in [-0.3, -0.25) is 14.2 Å². The molecule has 3 rings (SSSR count). The van der Waals surface area contributed by atoms with Gasteiger partial charge in [0, 0.05) is 18.2 Å². The Morgan fingerprint density at radius 1 is 1.27 bits per heavy atom. The monoisotopic (exact) mass is 301 g/mol. The third-order valence-corrected chi connectivity index (χ3v) is 3.87. The fourth-order valence-corrected chi connectivity index (χ4v) is 2.63. The highest BCUT2D eigenvalue weighted by Gasteiger charge is 2.35. The van der Waals surface area contributed by atoms with Crippen molar-refractivity contribution < 1.29 is 24.2 Å². The molecule has 0 unspecified atom stereocenters. The van der Waals surface area contributed by atoms with Gasteiger partial charge in [0.25, 0.3) is 0 Å². The number of ether oxygens (including phenoxy) is 1. The third kappa shape index (κ3) is 2.07. The summed E-state index contributed by atoms with van der Waals surface area (Å²) in [6, 6.07) is 4.51. The van der Waals surface area contributed by atoms with Gasteiger partial charge in [-0.15, -0.1) is 0 Å². The highest BCUT2D eigenvalue weighted by molar-refractivity contribution is 6.15. The molecule has 114 valence electrons. The summed E-state index contributed by atoms with van der Waals surface area (Å²) in [7, 11) is 1.26. The summed E-state index contributed by atoms with van der Waals surface area (Å²) < 4.78 is 5.76. The van der Waals surface area contributed by atoms with Gasteiger partial charge in [-0.25, -0.2) is 4.79 Å². The Morgan fingerprint density at radius 3 is 2.50 bits per heavy atom. The van der Waals surface area contributed by atoms with E-state index in [0.29, 0.717) is 10.9 Å². The number of hydrogen-bond donors (Lipinski definition) is 1. The van der Waals surface area contributed by atoms with Crippen LogP contribution < -0.4 is 0 Å². The van der Waals surface area contributed by atoms with Crippen LogP contribution in [0.1, 0.15) is 45.3 Å². The zero-order chi connectivity index (χ0) is 16.0. The molecule has 1 aromatic heterocycles. The molecule has 0 radical (unpaired) electrons. The van der Waals surface area contributed by atoms with Crippen molar-refractivity contribution in [2.24, 2.45) is 5.92 Å². The van der Waals surface area contributed by atoms with Crippen LogP contribution >= 0.6 is 0 Å². The van der Waals surface area contributed by atoms with Crippen molar-refractivity contribution in [3.05, 3.63) is 29.3 Å². The summed E-state index contributed by atoms with van der Waals surface area (Å²) in [5.41, 5.74) is 0.778. The normalized spacial score (nSPS) is 14.1. The summed E-state index contributed by atoms with van der Waals surface area (Å²) in [6.07, 6.45) is 1.56. The lowest BCUT2D eigenvalue weighted by Gasteiger charge is -2.02. The van der Waals surface area contributed by atoms with Crippen LogP contribution in [-0.2, 0) is 4.74 Å². The van der Waals surface area contributed by atoms with E-state index >= 15 is 0 Å². The van der Waals surface area contributed by atoms with E-state index in [1.54, 1.807) is 0 Å². The van der Waals surface area contributed by atoms with Crippen molar-refractivity contribution in [3.63, 3.8) is 0 Å². The van der Waals surface area contributed by atoms with Crippen LogP contribution in [-0.4, -0.2) is 34.4 Å². The summed E-state index contributed by atoms with van der Waals surface area (Å²) in [5.74, 6) is -1.60. The highest BCUT2D eigenvalue weighted by atomic mass is 16.5. The second-order valence-corrected chi connectivity index (χ2v) is 5.42.